The summed E-state index contributed by atoms with van der Waals surface area (Å²) in [5.41, 5.74) is 8.94. The van der Waals surface area contributed by atoms with Gasteiger partial charge in [0.2, 0.25) is 0 Å². The smallest absolute Gasteiger partial charge is 0.273 e. The molecule has 0 spiro atoms. The van der Waals surface area contributed by atoms with Gasteiger partial charge < -0.3 is 20.4 Å². The van der Waals surface area contributed by atoms with Crippen LogP contribution in [0.5, 0.6) is 11.5 Å². The van der Waals surface area contributed by atoms with Gasteiger partial charge in [0.05, 0.1) is 5.56 Å². The first-order chi connectivity index (χ1) is 14.7. The quantitative estimate of drug-likeness (QED) is 0.322. The lowest BCUT2D eigenvalue weighted by Crippen LogP contribution is -2.43. The van der Waals surface area contributed by atoms with E-state index in [1.807, 2.05) is 26.0 Å². The minimum absolute atomic E-state index is 0.00557. The lowest BCUT2D eigenvalue weighted by molar-refractivity contribution is 0.0941. The van der Waals surface area contributed by atoms with E-state index in [1.165, 1.54) is 17.7 Å². The van der Waals surface area contributed by atoms with Crippen molar-refractivity contribution in [3.8, 4) is 11.5 Å². The maximum atomic E-state index is 12.5. The number of hydrogen-bond donors (Lipinski definition) is 5. The molecule has 2 aromatic rings. The average molecular weight is 445 g/mol. The third kappa shape index (κ3) is 6.24. The SMILES string of the molecule is CCCN(C)c1cc(NC(=S)NNC(=O)c2cc(C(C)C)c(O)cc2O)ccc1CC. The van der Waals surface area contributed by atoms with Crippen LogP contribution in [0.2, 0.25) is 0 Å². The maximum absolute atomic E-state index is 12.5. The Balaban J connectivity index is 2.06. The van der Waals surface area contributed by atoms with Crippen LogP contribution in [0.4, 0.5) is 11.4 Å². The van der Waals surface area contributed by atoms with Gasteiger partial charge in [0.1, 0.15) is 11.5 Å². The number of amides is 1. The van der Waals surface area contributed by atoms with Crippen LogP contribution in [0.15, 0.2) is 30.3 Å². The van der Waals surface area contributed by atoms with Gasteiger partial charge in [-0.05, 0) is 60.3 Å². The van der Waals surface area contributed by atoms with E-state index >= 15 is 0 Å². The Morgan fingerprint density at radius 2 is 1.81 bits per heavy atom. The number of thiocarbonyl (C=S) groups is 1. The second-order valence-electron chi connectivity index (χ2n) is 7.73. The molecule has 0 heterocycles. The van der Waals surface area contributed by atoms with Gasteiger partial charge >= 0.3 is 0 Å². The highest BCUT2D eigenvalue weighted by Crippen LogP contribution is 2.32. The molecule has 31 heavy (non-hydrogen) atoms. The third-order valence-electron chi connectivity index (χ3n) is 5.00. The predicted octanol–water partition coefficient (Wildman–Crippen LogP) is 4.26. The minimum Gasteiger partial charge on any atom is -0.508 e. The van der Waals surface area contributed by atoms with E-state index in [4.69, 9.17) is 12.2 Å². The molecule has 2 aromatic carbocycles. The zero-order valence-corrected chi connectivity index (χ0v) is 19.6. The first-order valence-electron chi connectivity index (χ1n) is 10.4. The molecule has 1 amide bonds. The van der Waals surface area contributed by atoms with Gasteiger partial charge in [-0.3, -0.25) is 15.6 Å². The van der Waals surface area contributed by atoms with Crippen molar-refractivity contribution in [3.63, 3.8) is 0 Å². The highest BCUT2D eigenvalue weighted by atomic mass is 32.1. The minimum atomic E-state index is -0.562. The zero-order chi connectivity index (χ0) is 23.1. The van der Waals surface area contributed by atoms with E-state index in [2.05, 4.69) is 48.0 Å². The molecule has 5 N–H and O–H groups in total. The fourth-order valence-corrected chi connectivity index (χ4v) is 3.50. The van der Waals surface area contributed by atoms with Gasteiger partial charge in [0.25, 0.3) is 5.91 Å². The fraction of sp³-hybridized carbons (Fsp3) is 0.391. The Labute approximate surface area is 189 Å². The van der Waals surface area contributed by atoms with Crippen LogP contribution in [0.1, 0.15) is 61.5 Å². The predicted molar refractivity (Wildman–Crippen MR) is 130 cm³/mol. The summed E-state index contributed by atoms with van der Waals surface area (Å²) < 4.78 is 0. The molecule has 0 radical (unpaired) electrons. The van der Waals surface area contributed by atoms with Crippen molar-refractivity contribution in [2.24, 2.45) is 0 Å². The molecular formula is C23H32N4O3S. The molecule has 7 nitrogen and oxygen atoms in total. The Kier molecular flexibility index (Phi) is 8.50. The topological polar surface area (TPSA) is 96.9 Å². The molecule has 8 heteroatoms. The number of nitrogens with zero attached hydrogens (tertiary/aromatic N) is 1. The number of aromatic hydroxyl groups is 2. The lowest BCUT2D eigenvalue weighted by Gasteiger charge is -2.23. The molecule has 0 aromatic heterocycles. The van der Waals surface area contributed by atoms with Crippen molar-refractivity contribution in [2.75, 3.05) is 23.8 Å². The second-order valence-corrected chi connectivity index (χ2v) is 8.14. The van der Waals surface area contributed by atoms with Gasteiger partial charge in [-0.1, -0.05) is 33.8 Å². The molecule has 0 bridgehead atoms. The normalized spacial score (nSPS) is 10.6. The van der Waals surface area contributed by atoms with Crippen molar-refractivity contribution in [2.45, 2.75) is 46.5 Å². The molecule has 0 saturated carbocycles. The summed E-state index contributed by atoms with van der Waals surface area (Å²) in [6.45, 7) is 8.99. The van der Waals surface area contributed by atoms with Crippen LogP contribution in [-0.2, 0) is 6.42 Å². The van der Waals surface area contributed by atoms with E-state index in [0.717, 1.165) is 30.8 Å². The third-order valence-corrected chi connectivity index (χ3v) is 5.20. The van der Waals surface area contributed by atoms with Crippen LogP contribution in [-0.4, -0.2) is 34.8 Å². The summed E-state index contributed by atoms with van der Waals surface area (Å²) in [4.78, 5) is 14.7. The zero-order valence-electron chi connectivity index (χ0n) is 18.7. The van der Waals surface area contributed by atoms with E-state index in [0.29, 0.717) is 5.56 Å². The van der Waals surface area contributed by atoms with Gasteiger partial charge in [-0.25, -0.2) is 0 Å². The van der Waals surface area contributed by atoms with Crippen LogP contribution < -0.4 is 21.1 Å². The molecule has 0 fully saturated rings. The Bertz CT molecular complexity index is 947. The number of benzene rings is 2. The molecule has 0 aliphatic carbocycles. The molecule has 0 aliphatic heterocycles. The van der Waals surface area contributed by atoms with E-state index in [-0.39, 0.29) is 28.1 Å². The highest BCUT2D eigenvalue weighted by molar-refractivity contribution is 7.80. The van der Waals surface area contributed by atoms with Crippen molar-refractivity contribution < 1.29 is 15.0 Å². The lowest BCUT2D eigenvalue weighted by atomic mass is 9.98. The van der Waals surface area contributed by atoms with Crippen LogP contribution in [0.3, 0.4) is 0 Å². The van der Waals surface area contributed by atoms with E-state index in [1.54, 1.807) is 0 Å². The Morgan fingerprint density at radius 1 is 1.10 bits per heavy atom. The van der Waals surface area contributed by atoms with Gasteiger partial charge in [-0.2, -0.15) is 0 Å². The van der Waals surface area contributed by atoms with Crippen molar-refractivity contribution >= 4 is 34.6 Å². The standard InChI is InChI=1S/C23H32N4O3S/c1-6-10-27(5)19-11-16(9-8-15(19)7-2)24-23(31)26-25-22(30)18-12-17(14(3)4)20(28)13-21(18)29/h8-9,11-14,28-29H,6-7,10H2,1-5H3,(H,25,30)(H2,24,26,31). The number of anilines is 2. The number of carbonyl (C=O) groups excluding carboxylic acids is 1. The first kappa shape index (κ1) is 24.3. The van der Waals surface area contributed by atoms with Crippen molar-refractivity contribution in [1.29, 1.82) is 0 Å². The summed E-state index contributed by atoms with van der Waals surface area (Å²) >= 11 is 5.29. The van der Waals surface area contributed by atoms with Gasteiger partial charge in [0.15, 0.2) is 5.11 Å². The summed E-state index contributed by atoms with van der Waals surface area (Å²) in [6.07, 6.45) is 1.98. The molecular weight excluding hydrogens is 412 g/mol. The summed E-state index contributed by atoms with van der Waals surface area (Å²) in [5, 5.41) is 23.3. The molecule has 0 unspecified atom stereocenters. The van der Waals surface area contributed by atoms with Gasteiger partial charge in [-0.15, -0.1) is 0 Å². The van der Waals surface area contributed by atoms with Crippen molar-refractivity contribution in [3.05, 3.63) is 47.0 Å². The number of rotatable bonds is 7. The number of phenolic OH excluding ortho intramolecular Hbond substituents is 2. The Hall–Kier alpha value is -3.00. The average Bonchev–Trinajstić information content (AvgIpc) is 2.72. The molecule has 168 valence electrons. The number of hydrogen-bond acceptors (Lipinski definition) is 5. The maximum Gasteiger partial charge on any atom is 0.273 e. The van der Waals surface area contributed by atoms with Crippen molar-refractivity contribution in [1.82, 2.24) is 10.9 Å². The molecule has 0 atom stereocenters. The fourth-order valence-electron chi connectivity index (χ4n) is 3.33. The summed E-state index contributed by atoms with van der Waals surface area (Å²) in [6, 6.07) is 8.68. The monoisotopic (exact) mass is 444 g/mol. The molecule has 2 rings (SSSR count). The summed E-state index contributed by atoms with van der Waals surface area (Å²) in [7, 11) is 2.06. The first-order valence-corrected chi connectivity index (χ1v) is 10.9. The number of nitrogens with one attached hydrogen (secondary N) is 3. The van der Waals surface area contributed by atoms with E-state index in [9.17, 15) is 15.0 Å². The number of hydrazine groups is 1. The highest BCUT2D eigenvalue weighted by Gasteiger charge is 2.17. The van der Waals surface area contributed by atoms with Gasteiger partial charge in [0, 0.05) is 31.0 Å². The molecule has 0 aliphatic rings. The number of aryl methyl sites for hydroxylation is 1. The number of carbonyl (C=O) groups is 1. The summed E-state index contributed by atoms with van der Waals surface area (Å²) in [5.74, 6) is -0.922. The Morgan fingerprint density at radius 3 is 2.42 bits per heavy atom. The van der Waals surface area contributed by atoms with Crippen LogP contribution in [0.25, 0.3) is 0 Å². The van der Waals surface area contributed by atoms with Crippen LogP contribution in [0, 0.1) is 0 Å². The second kappa shape index (κ2) is 10.9. The largest absolute Gasteiger partial charge is 0.508 e. The van der Waals surface area contributed by atoms with Crippen LogP contribution >= 0.6 is 12.2 Å². The van der Waals surface area contributed by atoms with E-state index < -0.39 is 5.91 Å². The molecule has 0 saturated heterocycles. The number of phenols is 2.